The van der Waals surface area contributed by atoms with Crippen LogP contribution < -0.4 is 4.74 Å². The first kappa shape index (κ1) is 18.7. The molecule has 2 nitrogen and oxygen atoms in total. The highest BCUT2D eigenvalue weighted by Gasteiger charge is 2.30. The molecule has 22 heavy (non-hydrogen) atoms. The summed E-state index contributed by atoms with van der Waals surface area (Å²) in [6, 6.07) is 4.27. The average Bonchev–Trinajstić information content (AvgIpc) is 2.37. The van der Waals surface area contributed by atoms with Crippen molar-refractivity contribution >= 4 is 5.78 Å². The molecule has 0 aromatic heterocycles. The first-order valence-corrected chi connectivity index (χ1v) is 8.50. The van der Waals surface area contributed by atoms with Gasteiger partial charge >= 0.3 is 0 Å². The van der Waals surface area contributed by atoms with Gasteiger partial charge in [-0.3, -0.25) is 4.79 Å². The van der Waals surface area contributed by atoms with Gasteiger partial charge in [0.1, 0.15) is 11.5 Å². The van der Waals surface area contributed by atoms with Gasteiger partial charge in [-0.05, 0) is 44.4 Å². The summed E-state index contributed by atoms with van der Waals surface area (Å²) in [5.74, 6) is 1.43. The Morgan fingerprint density at radius 3 is 2.41 bits per heavy atom. The Balaban J connectivity index is 3.13. The Bertz CT molecular complexity index is 515. The van der Waals surface area contributed by atoms with E-state index in [9.17, 15) is 4.79 Å². The van der Waals surface area contributed by atoms with Crippen LogP contribution in [0.3, 0.4) is 0 Å². The molecule has 2 heteroatoms. The SMILES string of the molecule is CCCC(C)C(=O)CC(C)(C)c1c(C)cc(C)cc1OCC. The number of carbonyl (C=O) groups is 1. The predicted octanol–water partition coefficient (Wildman–Crippen LogP) is 5.38. The number of Topliss-reactive ketones (excluding diaryl/α,β-unsaturated/α-hetero) is 1. The van der Waals surface area contributed by atoms with Gasteiger partial charge in [-0.15, -0.1) is 0 Å². The third-order valence-electron chi connectivity index (χ3n) is 4.31. The third kappa shape index (κ3) is 4.59. The molecule has 0 aliphatic rings. The lowest BCUT2D eigenvalue weighted by atomic mass is 9.75. The second-order valence-corrected chi connectivity index (χ2v) is 7.10. The van der Waals surface area contributed by atoms with Gasteiger partial charge in [-0.25, -0.2) is 0 Å². The fourth-order valence-corrected chi connectivity index (χ4v) is 3.36. The van der Waals surface area contributed by atoms with Crippen LogP contribution in [0.25, 0.3) is 0 Å². The molecule has 0 spiro atoms. The molecule has 0 bridgehead atoms. The van der Waals surface area contributed by atoms with Gasteiger partial charge in [0.05, 0.1) is 6.61 Å². The second kappa shape index (κ2) is 7.80. The Labute approximate surface area is 136 Å². The molecule has 0 saturated carbocycles. The normalized spacial score (nSPS) is 13.0. The Kier molecular flexibility index (Phi) is 6.65. The molecule has 1 unspecified atom stereocenters. The van der Waals surface area contributed by atoms with E-state index in [-0.39, 0.29) is 11.3 Å². The van der Waals surface area contributed by atoms with Crippen molar-refractivity contribution in [3.8, 4) is 5.75 Å². The van der Waals surface area contributed by atoms with Crippen molar-refractivity contribution < 1.29 is 9.53 Å². The van der Waals surface area contributed by atoms with E-state index < -0.39 is 0 Å². The molecule has 0 amide bonds. The van der Waals surface area contributed by atoms with Crippen LogP contribution in [0.15, 0.2) is 12.1 Å². The van der Waals surface area contributed by atoms with E-state index in [0.29, 0.717) is 18.8 Å². The van der Waals surface area contributed by atoms with Crippen LogP contribution in [0.2, 0.25) is 0 Å². The quantitative estimate of drug-likeness (QED) is 0.645. The van der Waals surface area contributed by atoms with E-state index in [1.165, 1.54) is 16.7 Å². The highest BCUT2D eigenvalue weighted by atomic mass is 16.5. The molecule has 1 aromatic rings. The monoisotopic (exact) mass is 304 g/mol. The lowest BCUT2D eigenvalue weighted by Gasteiger charge is -2.30. The third-order valence-corrected chi connectivity index (χ3v) is 4.31. The zero-order valence-corrected chi connectivity index (χ0v) is 15.4. The minimum absolute atomic E-state index is 0.144. The first-order chi connectivity index (χ1) is 10.2. The summed E-state index contributed by atoms with van der Waals surface area (Å²) in [5.41, 5.74) is 3.38. The summed E-state index contributed by atoms with van der Waals surface area (Å²) in [5, 5.41) is 0. The van der Waals surface area contributed by atoms with Crippen molar-refractivity contribution in [2.24, 2.45) is 5.92 Å². The molecule has 0 radical (unpaired) electrons. The number of carbonyl (C=O) groups excluding carboxylic acids is 1. The van der Waals surface area contributed by atoms with Crippen molar-refractivity contribution in [2.45, 2.75) is 73.1 Å². The zero-order valence-electron chi connectivity index (χ0n) is 15.4. The maximum Gasteiger partial charge on any atom is 0.136 e. The fourth-order valence-electron chi connectivity index (χ4n) is 3.36. The molecule has 0 heterocycles. The second-order valence-electron chi connectivity index (χ2n) is 7.10. The van der Waals surface area contributed by atoms with Crippen LogP contribution in [0, 0.1) is 19.8 Å². The van der Waals surface area contributed by atoms with Crippen LogP contribution in [0.4, 0.5) is 0 Å². The lowest BCUT2D eigenvalue weighted by Crippen LogP contribution is -2.27. The number of ether oxygens (including phenoxy) is 1. The molecule has 124 valence electrons. The van der Waals surface area contributed by atoms with Gasteiger partial charge < -0.3 is 4.74 Å². The van der Waals surface area contributed by atoms with Gasteiger partial charge in [0.15, 0.2) is 0 Å². The van der Waals surface area contributed by atoms with Crippen molar-refractivity contribution in [1.29, 1.82) is 0 Å². The molecule has 0 saturated heterocycles. The number of aryl methyl sites for hydroxylation is 2. The van der Waals surface area contributed by atoms with E-state index in [1.807, 2.05) is 13.8 Å². The van der Waals surface area contributed by atoms with Gasteiger partial charge in [0.25, 0.3) is 0 Å². The average molecular weight is 304 g/mol. The summed E-state index contributed by atoms with van der Waals surface area (Å²) >= 11 is 0. The lowest BCUT2D eigenvalue weighted by molar-refractivity contribution is -0.123. The smallest absolute Gasteiger partial charge is 0.136 e. The van der Waals surface area contributed by atoms with Gasteiger partial charge in [0.2, 0.25) is 0 Å². The van der Waals surface area contributed by atoms with E-state index in [4.69, 9.17) is 4.74 Å². The molecule has 0 aliphatic heterocycles. The Morgan fingerprint density at radius 2 is 1.86 bits per heavy atom. The van der Waals surface area contributed by atoms with Crippen molar-refractivity contribution in [2.75, 3.05) is 6.61 Å². The van der Waals surface area contributed by atoms with Crippen LogP contribution in [-0.2, 0) is 10.2 Å². The molecule has 1 atom stereocenters. The summed E-state index contributed by atoms with van der Waals surface area (Å²) < 4.78 is 5.86. The van der Waals surface area contributed by atoms with Crippen molar-refractivity contribution in [3.05, 3.63) is 28.8 Å². The molecular formula is C20H32O2. The van der Waals surface area contributed by atoms with Gasteiger partial charge in [-0.1, -0.05) is 40.2 Å². The number of rotatable bonds is 8. The van der Waals surface area contributed by atoms with Crippen LogP contribution >= 0.6 is 0 Å². The van der Waals surface area contributed by atoms with Crippen LogP contribution in [0.1, 0.15) is 70.6 Å². The van der Waals surface area contributed by atoms with E-state index >= 15 is 0 Å². The standard InChI is InChI=1S/C20H32O2/c1-8-10-15(4)17(21)13-20(6,7)19-16(5)11-14(3)12-18(19)22-9-2/h11-12,15H,8-10,13H2,1-7H3. The maximum absolute atomic E-state index is 12.5. The predicted molar refractivity (Wildman–Crippen MR) is 93.8 cm³/mol. The van der Waals surface area contributed by atoms with Crippen molar-refractivity contribution in [1.82, 2.24) is 0 Å². The molecule has 1 aromatic carbocycles. The minimum atomic E-state index is -0.207. The Morgan fingerprint density at radius 1 is 1.23 bits per heavy atom. The molecular weight excluding hydrogens is 272 g/mol. The summed E-state index contributed by atoms with van der Waals surface area (Å²) in [6.07, 6.45) is 2.60. The topological polar surface area (TPSA) is 26.3 Å². The fraction of sp³-hybridized carbons (Fsp3) is 0.650. The molecule has 0 fully saturated rings. The van der Waals surface area contributed by atoms with Gasteiger partial charge in [0, 0.05) is 23.3 Å². The van der Waals surface area contributed by atoms with Crippen LogP contribution in [-0.4, -0.2) is 12.4 Å². The summed E-state index contributed by atoms with van der Waals surface area (Å²) in [4.78, 5) is 12.5. The largest absolute Gasteiger partial charge is 0.494 e. The van der Waals surface area contributed by atoms with Gasteiger partial charge in [-0.2, -0.15) is 0 Å². The minimum Gasteiger partial charge on any atom is -0.494 e. The highest BCUT2D eigenvalue weighted by Crippen LogP contribution is 2.38. The Hall–Kier alpha value is -1.31. The first-order valence-electron chi connectivity index (χ1n) is 8.50. The van der Waals surface area contributed by atoms with E-state index in [1.54, 1.807) is 0 Å². The maximum atomic E-state index is 12.5. The number of benzene rings is 1. The van der Waals surface area contributed by atoms with Crippen LogP contribution in [0.5, 0.6) is 5.75 Å². The summed E-state index contributed by atoms with van der Waals surface area (Å²) in [7, 11) is 0. The molecule has 0 aliphatic carbocycles. The molecule has 1 rings (SSSR count). The zero-order chi connectivity index (χ0) is 16.9. The van der Waals surface area contributed by atoms with E-state index in [2.05, 4.69) is 46.8 Å². The van der Waals surface area contributed by atoms with E-state index in [0.717, 1.165) is 18.6 Å². The number of ketones is 1. The number of hydrogen-bond donors (Lipinski definition) is 0. The summed E-state index contributed by atoms with van der Waals surface area (Å²) in [6.45, 7) is 15.3. The molecule has 0 N–H and O–H groups in total. The highest BCUT2D eigenvalue weighted by molar-refractivity contribution is 5.82. The van der Waals surface area contributed by atoms with Crippen molar-refractivity contribution in [3.63, 3.8) is 0 Å². The number of hydrogen-bond acceptors (Lipinski definition) is 2.